The average molecular weight is 246 g/mol. The van der Waals surface area contributed by atoms with E-state index in [1.165, 1.54) is 0 Å². The van der Waals surface area contributed by atoms with Crippen molar-refractivity contribution >= 4 is 22.8 Å². The molecule has 5 heteroatoms. The van der Waals surface area contributed by atoms with Gasteiger partial charge in [-0.2, -0.15) is 5.26 Å². The number of para-hydroxylation sites is 2. The molecule has 0 aliphatic rings. The lowest BCUT2D eigenvalue weighted by molar-refractivity contribution is 0.583. The van der Waals surface area contributed by atoms with Gasteiger partial charge in [0, 0.05) is 5.75 Å². The standard InChI is InChI=1S/C12H14N4S/c1-12(14,8-13)6-7-17-11-15-9-4-2-3-5-10(9)16-11/h2-5H,6-7,14H2,1H3,(H,15,16). The van der Waals surface area contributed by atoms with Crippen LogP contribution in [0.2, 0.25) is 0 Å². The van der Waals surface area contributed by atoms with Crippen LogP contribution in [0.3, 0.4) is 0 Å². The van der Waals surface area contributed by atoms with Crippen LogP contribution in [0, 0.1) is 11.3 Å². The van der Waals surface area contributed by atoms with Gasteiger partial charge in [0.05, 0.1) is 17.1 Å². The molecule has 0 aliphatic carbocycles. The molecule has 0 saturated carbocycles. The van der Waals surface area contributed by atoms with Crippen LogP contribution in [0.5, 0.6) is 0 Å². The zero-order valence-electron chi connectivity index (χ0n) is 9.60. The van der Waals surface area contributed by atoms with E-state index in [1.54, 1.807) is 18.7 Å². The number of hydrogen-bond donors (Lipinski definition) is 2. The summed E-state index contributed by atoms with van der Waals surface area (Å²) in [5, 5.41) is 9.67. The van der Waals surface area contributed by atoms with E-state index in [0.717, 1.165) is 21.9 Å². The number of hydrogen-bond acceptors (Lipinski definition) is 4. The van der Waals surface area contributed by atoms with Gasteiger partial charge in [0.15, 0.2) is 5.16 Å². The number of nitrogens with two attached hydrogens (primary N) is 1. The average Bonchev–Trinajstić information content (AvgIpc) is 2.71. The van der Waals surface area contributed by atoms with Crippen LogP contribution in [-0.4, -0.2) is 21.3 Å². The molecule has 3 N–H and O–H groups in total. The van der Waals surface area contributed by atoms with Crippen molar-refractivity contribution in [3.63, 3.8) is 0 Å². The van der Waals surface area contributed by atoms with Crippen LogP contribution >= 0.6 is 11.8 Å². The Balaban J connectivity index is 1.98. The topological polar surface area (TPSA) is 78.5 Å². The Morgan fingerprint density at radius 1 is 1.53 bits per heavy atom. The molecule has 1 atom stereocenters. The van der Waals surface area contributed by atoms with Gasteiger partial charge in [0.1, 0.15) is 5.54 Å². The fourth-order valence-electron chi connectivity index (χ4n) is 1.41. The van der Waals surface area contributed by atoms with Crippen molar-refractivity contribution < 1.29 is 0 Å². The van der Waals surface area contributed by atoms with Gasteiger partial charge < -0.3 is 10.7 Å². The molecule has 0 bridgehead atoms. The molecule has 0 spiro atoms. The van der Waals surface area contributed by atoms with Crippen molar-refractivity contribution in [2.75, 3.05) is 5.75 Å². The highest BCUT2D eigenvalue weighted by molar-refractivity contribution is 7.99. The summed E-state index contributed by atoms with van der Waals surface area (Å²) in [6.07, 6.45) is 0.644. The smallest absolute Gasteiger partial charge is 0.166 e. The Labute approximate surface area is 104 Å². The summed E-state index contributed by atoms with van der Waals surface area (Å²) < 4.78 is 0. The van der Waals surface area contributed by atoms with E-state index >= 15 is 0 Å². The Morgan fingerprint density at radius 2 is 2.29 bits per heavy atom. The second kappa shape index (κ2) is 4.78. The number of nitriles is 1. The minimum absolute atomic E-state index is 0.644. The highest BCUT2D eigenvalue weighted by Crippen LogP contribution is 2.21. The van der Waals surface area contributed by atoms with Gasteiger partial charge in [-0.3, -0.25) is 0 Å². The van der Waals surface area contributed by atoms with E-state index in [0.29, 0.717) is 6.42 Å². The maximum atomic E-state index is 8.80. The molecule has 0 aliphatic heterocycles. The van der Waals surface area contributed by atoms with E-state index in [9.17, 15) is 0 Å². The molecule has 88 valence electrons. The van der Waals surface area contributed by atoms with Crippen molar-refractivity contribution in [3.8, 4) is 6.07 Å². The molecular formula is C12H14N4S. The van der Waals surface area contributed by atoms with E-state index < -0.39 is 5.54 Å². The van der Waals surface area contributed by atoms with Crippen LogP contribution in [0.4, 0.5) is 0 Å². The Kier molecular flexibility index (Phi) is 3.36. The molecule has 1 unspecified atom stereocenters. The summed E-state index contributed by atoms with van der Waals surface area (Å²) in [5.41, 5.74) is 7.00. The summed E-state index contributed by atoms with van der Waals surface area (Å²) in [6.45, 7) is 1.74. The Morgan fingerprint density at radius 3 is 3.00 bits per heavy atom. The van der Waals surface area contributed by atoms with E-state index in [2.05, 4.69) is 16.0 Å². The molecule has 1 aromatic carbocycles. The normalized spacial score (nSPS) is 14.4. The number of nitrogens with one attached hydrogen (secondary N) is 1. The van der Waals surface area contributed by atoms with Crippen molar-refractivity contribution in [3.05, 3.63) is 24.3 Å². The molecule has 0 radical (unpaired) electrons. The number of thioether (sulfide) groups is 1. The number of aromatic nitrogens is 2. The quantitative estimate of drug-likeness (QED) is 0.811. The van der Waals surface area contributed by atoms with Crippen LogP contribution in [0.25, 0.3) is 11.0 Å². The third-order valence-electron chi connectivity index (χ3n) is 2.48. The van der Waals surface area contributed by atoms with Gasteiger partial charge in [-0.15, -0.1) is 0 Å². The number of H-pyrrole nitrogens is 1. The minimum atomic E-state index is -0.751. The second-order valence-corrected chi connectivity index (χ2v) is 5.27. The molecular weight excluding hydrogens is 232 g/mol. The Bertz CT molecular complexity index is 520. The van der Waals surface area contributed by atoms with Gasteiger partial charge in [-0.1, -0.05) is 23.9 Å². The van der Waals surface area contributed by atoms with E-state index in [-0.39, 0.29) is 0 Å². The minimum Gasteiger partial charge on any atom is -0.333 e. The fraction of sp³-hybridized carbons (Fsp3) is 0.333. The molecule has 0 saturated heterocycles. The molecule has 1 heterocycles. The fourth-order valence-corrected chi connectivity index (χ4v) is 2.48. The van der Waals surface area contributed by atoms with Crippen molar-refractivity contribution in [1.29, 1.82) is 5.26 Å². The monoisotopic (exact) mass is 246 g/mol. The third kappa shape index (κ3) is 2.99. The highest BCUT2D eigenvalue weighted by Gasteiger charge is 2.16. The Hall–Kier alpha value is -1.51. The first-order valence-electron chi connectivity index (χ1n) is 5.38. The number of imidazole rings is 1. The molecule has 4 nitrogen and oxygen atoms in total. The first-order valence-corrected chi connectivity index (χ1v) is 6.37. The van der Waals surface area contributed by atoms with E-state index in [1.807, 2.05) is 24.3 Å². The van der Waals surface area contributed by atoms with Gasteiger partial charge in [0.2, 0.25) is 0 Å². The number of fused-ring (bicyclic) bond motifs is 1. The second-order valence-electron chi connectivity index (χ2n) is 4.19. The lowest BCUT2D eigenvalue weighted by Gasteiger charge is -2.13. The molecule has 17 heavy (non-hydrogen) atoms. The largest absolute Gasteiger partial charge is 0.333 e. The summed E-state index contributed by atoms with van der Waals surface area (Å²) in [7, 11) is 0. The zero-order chi connectivity index (χ0) is 12.3. The number of nitrogens with zero attached hydrogens (tertiary/aromatic N) is 2. The maximum absolute atomic E-state index is 8.80. The van der Waals surface area contributed by atoms with Gasteiger partial charge in [0.25, 0.3) is 0 Å². The maximum Gasteiger partial charge on any atom is 0.166 e. The first kappa shape index (κ1) is 12.0. The van der Waals surface area contributed by atoms with Crippen LogP contribution in [0.1, 0.15) is 13.3 Å². The van der Waals surface area contributed by atoms with Crippen LogP contribution in [-0.2, 0) is 0 Å². The summed E-state index contributed by atoms with van der Waals surface area (Å²) >= 11 is 1.59. The van der Waals surface area contributed by atoms with Gasteiger partial charge in [-0.25, -0.2) is 4.98 Å². The first-order chi connectivity index (χ1) is 8.11. The predicted octanol–water partition coefficient (Wildman–Crippen LogP) is 2.29. The predicted molar refractivity (Wildman–Crippen MR) is 69.6 cm³/mol. The molecule has 0 amide bonds. The van der Waals surface area contributed by atoms with Gasteiger partial charge >= 0.3 is 0 Å². The molecule has 1 aromatic heterocycles. The molecule has 2 aromatic rings. The third-order valence-corrected chi connectivity index (χ3v) is 3.36. The number of aromatic amines is 1. The SMILES string of the molecule is CC(N)(C#N)CCSc1nc2ccccc2[nH]1. The number of rotatable bonds is 4. The van der Waals surface area contributed by atoms with Crippen molar-refractivity contribution in [2.45, 2.75) is 24.0 Å². The van der Waals surface area contributed by atoms with Crippen molar-refractivity contribution in [1.82, 2.24) is 9.97 Å². The van der Waals surface area contributed by atoms with E-state index in [4.69, 9.17) is 11.0 Å². The van der Waals surface area contributed by atoms with Gasteiger partial charge in [-0.05, 0) is 25.5 Å². The zero-order valence-corrected chi connectivity index (χ0v) is 10.4. The summed E-state index contributed by atoms with van der Waals surface area (Å²) in [6, 6.07) is 9.99. The summed E-state index contributed by atoms with van der Waals surface area (Å²) in [5.74, 6) is 0.778. The van der Waals surface area contributed by atoms with Crippen LogP contribution in [0.15, 0.2) is 29.4 Å². The lowest BCUT2D eigenvalue weighted by Crippen LogP contribution is -2.34. The lowest BCUT2D eigenvalue weighted by atomic mass is 10.0. The molecule has 2 rings (SSSR count). The van der Waals surface area contributed by atoms with Crippen LogP contribution < -0.4 is 5.73 Å². The summed E-state index contributed by atoms with van der Waals surface area (Å²) in [4.78, 5) is 7.67. The molecule has 0 fully saturated rings. The van der Waals surface area contributed by atoms with Crippen molar-refractivity contribution in [2.24, 2.45) is 5.73 Å². The number of benzene rings is 1. The highest BCUT2D eigenvalue weighted by atomic mass is 32.2.